The zero-order chi connectivity index (χ0) is 11.7. The van der Waals surface area contributed by atoms with Crippen LogP contribution >= 0.6 is 0 Å². The van der Waals surface area contributed by atoms with E-state index in [4.69, 9.17) is 0 Å². The molecule has 1 fully saturated rings. The summed E-state index contributed by atoms with van der Waals surface area (Å²) in [6.45, 7) is 0. The van der Waals surface area contributed by atoms with E-state index in [9.17, 15) is 4.79 Å². The largest absolute Gasteiger partial charge is 0.295 e. The second-order valence-corrected chi connectivity index (χ2v) is 4.51. The molecule has 3 rings (SSSR count). The van der Waals surface area contributed by atoms with E-state index >= 15 is 0 Å². The number of fused-ring (bicyclic) bond motifs is 1. The van der Waals surface area contributed by atoms with Crippen molar-refractivity contribution in [2.45, 2.75) is 19.3 Å². The van der Waals surface area contributed by atoms with E-state index in [2.05, 4.69) is 30.3 Å². The number of ketones is 1. The summed E-state index contributed by atoms with van der Waals surface area (Å²) in [6.07, 6.45) is 4.73. The van der Waals surface area contributed by atoms with Crippen LogP contribution in [0.2, 0.25) is 0 Å². The number of benzene rings is 2. The molecule has 0 N–H and O–H groups in total. The lowest BCUT2D eigenvalue weighted by atomic mass is 10.0. The van der Waals surface area contributed by atoms with Crippen molar-refractivity contribution >= 4 is 22.6 Å². The Morgan fingerprint density at radius 2 is 1.76 bits per heavy atom. The molecule has 1 heteroatoms. The Hall–Kier alpha value is -1.89. The molecule has 2 aromatic rings. The Balaban J connectivity index is 2.15. The highest BCUT2D eigenvalue weighted by molar-refractivity contribution is 6.03. The summed E-state index contributed by atoms with van der Waals surface area (Å²) in [5, 5.41) is 2.45. The molecule has 1 nitrogen and oxygen atoms in total. The smallest absolute Gasteiger partial charge is 0.158 e. The molecule has 0 aliphatic heterocycles. The lowest BCUT2D eigenvalue weighted by Crippen LogP contribution is -1.91. The lowest BCUT2D eigenvalue weighted by molar-refractivity contribution is -0.114. The van der Waals surface area contributed by atoms with Gasteiger partial charge in [0.1, 0.15) is 0 Å². The fraction of sp³-hybridized carbons (Fsp3) is 0.188. The van der Waals surface area contributed by atoms with Crippen molar-refractivity contribution in [2.24, 2.45) is 0 Å². The van der Waals surface area contributed by atoms with Gasteiger partial charge in [0.05, 0.1) is 0 Å². The van der Waals surface area contributed by atoms with Crippen molar-refractivity contribution in [3.05, 3.63) is 53.6 Å². The van der Waals surface area contributed by atoms with Crippen LogP contribution in [0.4, 0.5) is 0 Å². The lowest BCUT2D eigenvalue weighted by Gasteiger charge is -2.03. The van der Waals surface area contributed by atoms with Crippen molar-refractivity contribution in [3.8, 4) is 0 Å². The first kappa shape index (κ1) is 10.3. The fourth-order valence-electron chi connectivity index (χ4n) is 2.46. The van der Waals surface area contributed by atoms with Gasteiger partial charge in [0, 0.05) is 6.42 Å². The van der Waals surface area contributed by atoms with E-state index in [1.54, 1.807) is 0 Å². The maximum Gasteiger partial charge on any atom is 0.158 e. The summed E-state index contributed by atoms with van der Waals surface area (Å²) in [4.78, 5) is 11.6. The number of carbonyl (C=O) groups is 1. The highest BCUT2D eigenvalue weighted by atomic mass is 16.1. The second kappa shape index (κ2) is 4.17. The molecule has 1 aliphatic rings. The second-order valence-electron chi connectivity index (χ2n) is 4.51. The topological polar surface area (TPSA) is 17.1 Å². The van der Waals surface area contributed by atoms with Gasteiger partial charge in [-0.25, -0.2) is 0 Å². The van der Waals surface area contributed by atoms with E-state index in [1.165, 1.54) is 10.8 Å². The van der Waals surface area contributed by atoms with Crippen LogP contribution < -0.4 is 0 Å². The van der Waals surface area contributed by atoms with Gasteiger partial charge in [-0.15, -0.1) is 0 Å². The quantitative estimate of drug-likeness (QED) is 0.667. The average Bonchev–Trinajstić information content (AvgIpc) is 2.76. The molecule has 17 heavy (non-hydrogen) atoms. The summed E-state index contributed by atoms with van der Waals surface area (Å²) in [5.74, 6) is 0.318. The molecule has 1 aliphatic carbocycles. The summed E-state index contributed by atoms with van der Waals surface area (Å²) in [5.41, 5.74) is 2.15. The number of hydrogen-bond donors (Lipinski definition) is 0. The highest BCUT2D eigenvalue weighted by Crippen LogP contribution is 2.26. The zero-order valence-corrected chi connectivity index (χ0v) is 9.65. The van der Waals surface area contributed by atoms with Gasteiger partial charge < -0.3 is 0 Å². The fourth-order valence-corrected chi connectivity index (χ4v) is 2.46. The molecule has 0 radical (unpaired) electrons. The highest BCUT2D eigenvalue weighted by Gasteiger charge is 2.16. The Labute approximate surface area is 101 Å². The summed E-state index contributed by atoms with van der Waals surface area (Å²) in [7, 11) is 0. The van der Waals surface area contributed by atoms with Gasteiger partial charge in [-0.1, -0.05) is 42.5 Å². The number of carbonyl (C=O) groups excluding carboxylic acids is 1. The number of rotatable bonds is 1. The molecular weight excluding hydrogens is 208 g/mol. The Morgan fingerprint density at radius 1 is 0.941 bits per heavy atom. The monoisotopic (exact) mass is 222 g/mol. The van der Waals surface area contributed by atoms with Crippen LogP contribution in [-0.2, 0) is 4.79 Å². The van der Waals surface area contributed by atoms with Crippen molar-refractivity contribution in [1.29, 1.82) is 0 Å². The third-order valence-electron chi connectivity index (χ3n) is 3.36. The molecule has 2 aromatic carbocycles. The van der Waals surface area contributed by atoms with Crippen LogP contribution in [-0.4, -0.2) is 5.78 Å². The van der Waals surface area contributed by atoms with E-state index in [0.717, 1.165) is 30.4 Å². The average molecular weight is 222 g/mol. The number of hydrogen-bond acceptors (Lipinski definition) is 1. The first-order valence-corrected chi connectivity index (χ1v) is 6.06. The molecule has 0 unspecified atom stereocenters. The van der Waals surface area contributed by atoms with Gasteiger partial charge in [-0.2, -0.15) is 0 Å². The molecular formula is C16H14O. The van der Waals surface area contributed by atoms with Crippen LogP contribution in [0.1, 0.15) is 24.8 Å². The minimum Gasteiger partial charge on any atom is -0.295 e. The molecule has 0 saturated heterocycles. The van der Waals surface area contributed by atoms with Gasteiger partial charge in [0.15, 0.2) is 5.78 Å². The van der Waals surface area contributed by atoms with Crippen LogP contribution in [0.5, 0.6) is 0 Å². The van der Waals surface area contributed by atoms with E-state index in [0.29, 0.717) is 5.78 Å². The third-order valence-corrected chi connectivity index (χ3v) is 3.36. The summed E-state index contributed by atoms with van der Waals surface area (Å²) >= 11 is 0. The minimum atomic E-state index is 0.318. The normalized spacial score (nSPS) is 18.1. The van der Waals surface area contributed by atoms with Crippen molar-refractivity contribution < 1.29 is 4.79 Å². The van der Waals surface area contributed by atoms with Gasteiger partial charge in [-0.05, 0) is 40.8 Å². The predicted octanol–water partition coefficient (Wildman–Crippen LogP) is 3.98. The SMILES string of the molecule is O=C1CCCC1=Cc1cccc2ccccc12. The standard InChI is InChI=1S/C16H14O/c17-16-10-4-8-14(16)11-13-7-3-6-12-5-1-2-9-15(12)13/h1-3,5-7,9,11H,4,8,10H2. The molecule has 0 atom stereocenters. The van der Waals surface area contributed by atoms with Gasteiger partial charge in [0.25, 0.3) is 0 Å². The van der Waals surface area contributed by atoms with Gasteiger partial charge in [-0.3, -0.25) is 4.79 Å². The molecule has 0 aromatic heterocycles. The molecule has 0 amide bonds. The van der Waals surface area contributed by atoms with E-state index < -0.39 is 0 Å². The Morgan fingerprint density at radius 3 is 2.59 bits per heavy atom. The van der Waals surface area contributed by atoms with Crippen LogP contribution in [0.25, 0.3) is 16.8 Å². The van der Waals surface area contributed by atoms with Crippen LogP contribution in [0.3, 0.4) is 0 Å². The van der Waals surface area contributed by atoms with Gasteiger partial charge >= 0.3 is 0 Å². The zero-order valence-electron chi connectivity index (χ0n) is 9.65. The summed E-state index contributed by atoms with van der Waals surface area (Å²) < 4.78 is 0. The third kappa shape index (κ3) is 1.89. The Bertz CT molecular complexity index is 602. The first-order chi connectivity index (χ1) is 8.34. The molecule has 0 heterocycles. The van der Waals surface area contributed by atoms with Crippen molar-refractivity contribution in [1.82, 2.24) is 0 Å². The number of Topliss-reactive ketones (excluding diaryl/α,β-unsaturated/α-hetero) is 1. The predicted molar refractivity (Wildman–Crippen MR) is 70.8 cm³/mol. The van der Waals surface area contributed by atoms with Crippen molar-refractivity contribution in [2.75, 3.05) is 0 Å². The molecule has 1 saturated carbocycles. The molecule has 0 bridgehead atoms. The molecule has 84 valence electrons. The maximum absolute atomic E-state index is 11.6. The van der Waals surface area contributed by atoms with Crippen molar-refractivity contribution in [3.63, 3.8) is 0 Å². The summed E-state index contributed by atoms with van der Waals surface area (Å²) in [6, 6.07) is 14.5. The van der Waals surface area contributed by atoms with E-state index in [1.807, 2.05) is 18.2 Å². The number of allylic oxidation sites excluding steroid dienone is 1. The Kier molecular flexibility index (Phi) is 2.52. The van der Waals surface area contributed by atoms with Gasteiger partial charge in [0.2, 0.25) is 0 Å². The minimum absolute atomic E-state index is 0.318. The van der Waals surface area contributed by atoms with Crippen LogP contribution in [0, 0.1) is 0 Å². The first-order valence-electron chi connectivity index (χ1n) is 6.06. The van der Waals surface area contributed by atoms with Crippen LogP contribution in [0.15, 0.2) is 48.0 Å². The molecule has 0 spiro atoms. The maximum atomic E-state index is 11.6. The van der Waals surface area contributed by atoms with E-state index in [-0.39, 0.29) is 0 Å².